The van der Waals surface area contributed by atoms with E-state index in [0.29, 0.717) is 22.1 Å². The standard InChI is InChI=1S/C25H20N2O5/c1-30-22-16-21(31-24(28)26-17-10-4-2-5-11-17)19-14-8-9-15-20(19)23(22)32-25(29)27-18-12-6-3-7-13-18/h2-16H,1H3,(H,26,28)(H,27,29). The SMILES string of the molecule is COc1cc(OC(=O)Nc2ccccc2)c2ccccc2c1OC(=O)Nc1ccccc1. The number of methoxy groups -OCH3 is 1. The average Bonchev–Trinajstić information content (AvgIpc) is 2.81. The van der Waals surface area contributed by atoms with Gasteiger partial charge in [0.05, 0.1) is 7.11 Å². The van der Waals surface area contributed by atoms with Crippen molar-refractivity contribution in [3.63, 3.8) is 0 Å². The highest BCUT2D eigenvalue weighted by Crippen LogP contribution is 2.41. The predicted octanol–water partition coefficient (Wildman–Crippen LogP) is 6.07. The molecule has 0 aliphatic heterocycles. The molecule has 0 fully saturated rings. The minimum atomic E-state index is -0.671. The van der Waals surface area contributed by atoms with Gasteiger partial charge in [-0.15, -0.1) is 0 Å². The normalized spacial score (nSPS) is 10.3. The fourth-order valence-electron chi connectivity index (χ4n) is 3.15. The summed E-state index contributed by atoms with van der Waals surface area (Å²) in [7, 11) is 1.44. The fraction of sp³-hybridized carbons (Fsp3) is 0.0400. The summed E-state index contributed by atoms with van der Waals surface area (Å²) in [6.45, 7) is 0. The Kier molecular flexibility index (Phi) is 6.17. The summed E-state index contributed by atoms with van der Waals surface area (Å²) < 4.78 is 16.6. The van der Waals surface area contributed by atoms with E-state index in [4.69, 9.17) is 14.2 Å². The molecule has 4 aromatic carbocycles. The van der Waals surface area contributed by atoms with Gasteiger partial charge >= 0.3 is 12.2 Å². The van der Waals surface area contributed by atoms with Crippen molar-refractivity contribution in [2.24, 2.45) is 0 Å². The molecule has 0 saturated heterocycles. The van der Waals surface area contributed by atoms with Gasteiger partial charge in [-0.1, -0.05) is 60.7 Å². The van der Waals surface area contributed by atoms with Crippen LogP contribution < -0.4 is 24.8 Å². The van der Waals surface area contributed by atoms with Gasteiger partial charge in [0.25, 0.3) is 0 Å². The Bertz CT molecular complexity index is 1240. The molecule has 2 N–H and O–H groups in total. The van der Waals surface area contributed by atoms with Crippen molar-refractivity contribution in [2.45, 2.75) is 0 Å². The van der Waals surface area contributed by atoms with Crippen molar-refractivity contribution in [1.29, 1.82) is 0 Å². The first kappa shape index (κ1) is 20.7. The molecule has 7 nitrogen and oxygen atoms in total. The van der Waals surface area contributed by atoms with Gasteiger partial charge in [-0.3, -0.25) is 10.6 Å². The number of carbonyl (C=O) groups excluding carboxylic acids is 2. The van der Waals surface area contributed by atoms with Crippen LogP contribution in [0.15, 0.2) is 91.0 Å². The molecule has 0 radical (unpaired) electrons. The zero-order chi connectivity index (χ0) is 22.3. The molecule has 0 saturated carbocycles. The quantitative estimate of drug-likeness (QED) is 0.403. The molecule has 4 aromatic rings. The van der Waals surface area contributed by atoms with Crippen molar-refractivity contribution >= 4 is 34.3 Å². The van der Waals surface area contributed by atoms with E-state index in [2.05, 4.69) is 10.6 Å². The highest BCUT2D eigenvalue weighted by molar-refractivity contribution is 6.00. The molecule has 7 heteroatoms. The van der Waals surface area contributed by atoms with E-state index in [1.54, 1.807) is 72.8 Å². The van der Waals surface area contributed by atoms with Crippen LogP contribution in [0.5, 0.6) is 17.2 Å². The smallest absolute Gasteiger partial charge is 0.417 e. The number of rotatable bonds is 5. The molecule has 32 heavy (non-hydrogen) atoms. The Labute approximate surface area is 184 Å². The Morgan fingerprint density at radius 1 is 0.625 bits per heavy atom. The monoisotopic (exact) mass is 428 g/mol. The van der Waals surface area contributed by atoms with Crippen LogP contribution in [-0.4, -0.2) is 19.3 Å². The molecule has 160 valence electrons. The lowest BCUT2D eigenvalue weighted by Gasteiger charge is -2.16. The van der Waals surface area contributed by atoms with Crippen molar-refractivity contribution in [2.75, 3.05) is 17.7 Å². The van der Waals surface area contributed by atoms with Crippen molar-refractivity contribution in [3.8, 4) is 17.2 Å². The molecule has 2 amide bonds. The second-order valence-electron chi connectivity index (χ2n) is 6.71. The van der Waals surface area contributed by atoms with E-state index in [1.165, 1.54) is 13.2 Å². The number of hydrogen-bond donors (Lipinski definition) is 2. The first-order chi connectivity index (χ1) is 15.6. The summed E-state index contributed by atoms with van der Waals surface area (Å²) in [5, 5.41) is 6.47. The van der Waals surface area contributed by atoms with E-state index in [0.717, 1.165) is 0 Å². The van der Waals surface area contributed by atoms with E-state index >= 15 is 0 Å². The molecule has 0 spiro atoms. The maximum absolute atomic E-state index is 12.5. The number of fused-ring (bicyclic) bond motifs is 1. The minimum absolute atomic E-state index is 0.215. The van der Waals surface area contributed by atoms with Gasteiger partial charge in [-0.05, 0) is 24.3 Å². The van der Waals surface area contributed by atoms with Gasteiger partial charge < -0.3 is 14.2 Å². The maximum atomic E-state index is 12.5. The zero-order valence-electron chi connectivity index (χ0n) is 17.2. The number of nitrogens with one attached hydrogen (secondary N) is 2. The van der Waals surface area contributed by atoms with Crippen molar-refractivity contribution in [3.05, 3.63) is 91.0 Å². The summed E-state index contributed by atoms with van der Waals surface area (Å²) in [5.74, 6) is 0.725. The molecular formula is C25H20N2O5. The van der Waals surface area contributed by atoms with Crippen LogP contribution >= 0.6 is 0 Å². The average molecular weight is 428 g/mol. The summed E-state index contributed by atoms with van der Waals surface area (Å²) in [6, 6.07) is 26.5. The lowest BCUT2D eigenvalue weighted by Crippen LogP contribution is -2.18. The van der Waals surface area contributed by atoms with Crippen LogP contribution in [0.3, 0.4) is 0 Å². The van der Waals surface area contributed by atoms with Gasteiger partial charge in [-0.25, -0.2) is 9.59 Å². The number of benzene rings is 4. The first-order valence-electron chi connectivity index (χ1n) is 9.81. The minimum Gasteiger partial charge on any atom is -0.493 e. The molecule has 0 unspecified atom stereocenters. The summed E-state index contributed by atoms with van der Waals surface area (Å²) >= 11 is 0. The molecule has 0 aromatic heterocycles. The van der Waals surface area contributed by atoms with Gasteiger partial charge in [0.2, 0.25) is 0 Å². The number of ether oxygens (including phenoxy) is 3. The molecule has 0 heterocycles. The van der Waals surface area contributed by atoms with Crippen LogP contribution in [0.2, 0.25) is 0 Å². The third-order valence-corrected chi connectivity index (χ3v) is 4.58. The van der Waals surface area contributed by atoms with Gasteiger partial charge in [0, 0.05) is 28.2 Å². The summed E-state index contributed by atoms with van der Waals surface area (Å²) in [5.41, 5.74) is 1.20. The Balaban J connectivity index is 1.62. The molecule has 0 aliphatic rings. The summed E-state index contributed by atoms with van der Waals surface area (Å²) in [6.07, 6.45) is -1.32. The molecule has 0 bridgehead atoms. The van der Waals surface area contributed by atoms with Crippen LogP contribution in [-0.2, 0) is 0 Å². The second-order valence-corrected chi connectivity index (χ2v) is 6.71. The Morgan fingerprint density at radius 3 is 1.69 bits per heavy atom. The van der Waals surface area contributed by atoms with Gasteiger partial charge in [0.1, 0.15) is 5.75 Å². The first-order valence-corrected chi connectivity index (χ1v) is 9.81. The fourth-order valence-corrected chi connectivity index (χ4v) is 3.15. The van der Waals surface area contributed by atoms with Crippen molar-refractivity contribution < 1.29 is 23.8 Å². The van der Waals surface area contributed by atoms with Crippen LogP contribution in [0.25, 0.3) is 10.8 Å². The largest absolute Gasteiger partial charge is 0.493 e. The van der Waals surface area contributed by atoms with E-state index in [1.807, 2.05) is 12.1 Å². The molecule has 0 atom stereocenters. The van der Waals surface area contributed by atoms with Crippen LogP contribution in [0.4, 0.5) is 21.0 Å². The number of para-hydroxylation sites is 2. The second kappa shape index (κ2) is 9.53. The molecule has 4 rings (SSSR count). The van der Waals surface area contributed by atoms with Crippen LogP contribution in [0.1, 0.15) is 0 Å². The zero-order valence-corrected chi connectivity index (χ0v) is 17.2. The van der Waals surface area contributed by atoms with E-state index < -0.39 is 12.2 Å². The Morgan fingerprint density at radius 2 is 1.12 bits per heavy atom. The van der Waals surface area contributed by atoms with Gasteiger partial charge in [-0.2, -0.15) is 0 Å². The number of carbonyl (C=O) groups is 2. The maximum Gasteiger partial charge on any atom is 0.417 e. The highest BCUT2D eigenvalue weighted by atomic mass is 16.6. The number of hydrogen-bond acceptors (Lipinski definition) is 5. The predicted molar refractivity (Wildman–Crippen MR) is 123 cm³/mol. The Hall–Kier alpha value is -4.52. The van der Waals surface area contributed by atoms with Crippen molar-refractivity contribution in [1.82, 2.24) is 0 Å². The lowest BCUT2D eigenvalue weighted by atomic mass is 10.1. The van der Waals surface area contributed by atoms with Gasteiger partial charge in [0.15, 0.2) is 11.5 Å². The third kappa shape index (κ3) is 4.79. The molecule has 0 aliphatic carbocycles. The van der Waals surface area contributed by atoms with Crippen LogP contribution in [0, 0.1) is 0 Å². The topological polar surface area (TPSA) is 85.9 Å². The lowest BCUT2D eigenvalue weighted by molar-refractivity contribution is 0.212. The number of amides is 2. The van der Waals surface area contributed by atoms with E-state index in [-0.39, 0.29) is 17.2 Å². The molecular weight excluding hydrogens is 408 g/mol. The third-order valence-electron chi connectivity index (χ3n) is 4.58. The highest BCUT2D eigenvalue weighted by Gasteiger charge is 2.19. The summed E-state index contributed by atoms with van der Waals surface area (Å²) in [4.78, 5) is 24.9. The number of anilines is 2. The van der Waals surface area contributed by atoms with E-state index in [9.17, 15) is 9.59 Å².